The Hall–Kier alpha value is -1.70. The number of hydrogen-bond donors (Lipinski definition) is 2. The summed E-state index contributed by atoms with van der Waals surface area (Å²) in [4.78, 5) is 20.9. The summed E-state index contributed by atoms with van der Waals surface area (Å²) in [6.45, 7) is 8.96. The molecule has 0 unspecified atom stereocenters. The van der Waals surface area contributed by atoms with Gasteiger partial charge in [0.25, 0.3) is 0 Å². The van der Waals surface area contributed by atoms with E-state index in [9.17, 15) is 4.79 Å². The van der Waals surface area contributed by atoms with Crippen LogP contribution >= 0.6 is 0 Å². The quantitative estimate of drug-likeness (QED) is 0.808. The monoisotopic (exact) mass is 333 g/mol. The normalized spacial score (nSPS) is 22.4. The number of nitrogens with one attached hydrogen (secondary N) is 2. The van der Waals surface area contributed by atoms with E-state index in [1.165, 1.54) is 0 Å². The minimum atomic E-state index is -0.158. The molecular weight excluding hydrogens is 306 g/mol. The number of carbonyl (C=O) groups is 1. The van der Waals surface area contributed by atoms with Gasteiger partial charge in [-0.1, -0.05) is 0 Å². The van der Waals surface area contributed by atoms with Crippen LogP contribution in [-0.2, 0) is 4.74 Å². The fourth-order valence-corrected chi connectivity index (χ4v) is 3.24. The van der Waals surface area contributed by atoms with Crippen molar-refractivity contribution in [2.24, 2.45) is 5.92 Å². The highest BCUT2D eigenvalue weighted by atomic mass is 16.5. The molecule has 2 N–H and O–H groups in total. The van der Waals surface area contributed by atoms with E-state index in [-0.39, 0.29) is 6.03 Å². The van der Waals surface area contributed by atoms with E-state index in [4.69, 9.17) is 4.74 Å². The number of hydrogen-bond acceptors (Lipinski definition) is 5. The third-order valence-corrected chi connectivity index (χ3v) is 4.68. The molecule has 0 spiro atoms. The van der Waals surface area contributed by atoms with E-state index < -0.39 is 0 Å². The van der Waals surface area contributed by atoms with Crippen LogP contribution in [0.5, 0.6) is 0 Å². The number of likely N-dealkylation sites (tertiary alicyclic amines) is 1. The van der Waals surface area contributed by atoms with E-state index in [0.717, 1.165) is 65.4 Å². The van der Waals surface area contributed by atoms with Crippen molar-refractivity contribution in [2.45, 2.75) is 6.42 Å². The molecule has 0 saturated carbocycles. The van der Waals surface area contributed by atoms with Crippen LogP contribution in [0.4, 0.5) is 10.5 Å². The van der Waals surface area contributed by atoms with E-state index in [1.54, 1.807) is 18.5 Å². The molecule has 2 amide bonds. The van der Waals surface area contributed by atoms with Crippen LogP contribution in [0.2, 0.25) is 0 Å². The molecule has 24 heavy (non-hydrogen) atoms. The fraction of sp³-hybridized carbons (Fsp3) is 0.647. The summed E-state index contributed by atoms with van der Waals surface area (Å²) in [6.07, 6.45) is 4.48. The van der Waals surface area contributed by atoms with Gasteiger partial charge in [-0.2, -0.15) is 0 Å². The van der Waals surface area contributed by atoms with Gasteiger partial charge in [-0.15, -0.1) is 0 Å². The van der Waals surface area contributed by atoms with Crippen molar-refractivity contribution in [2.75, 3.05) is 64.3 Å². The van der Waals surface area contributed by atoms with Gasteiger partial charge in [0.2, 0.25) is 0 Å². The maximum absolute atomic E-state index is 11.9. The summed E-state index contributed by atoms with van der Waals surface area (Å²) in [7, 11) is 0. The second-order valence-corrected chi connectivity index (χ2v) is 6.49. The number of nitrogens with zero attached hydrogens (tertiary/aromatic N) is 3. The Labute approximate surface area is 143 Å². The highest BCUT2D eigenvalue weighted by Gasteiger charge is 2.23. The lowest BCUT2D eigenvalue weighted by Crippen LogP contribution is -2.41. The standard InChI is InChI=1S/C17H27N5O2/c23-17(20-16-2-1-4-18-13-16)19-12-15-3-5-22(14-15)7-6-21-8-10-24-11-9-21/h1-2,4,13,15H,3,5-12,14H2,(H2,19,20,23)/t15-/m0/s1. The third kappa shape index (κ3) is 5.43. The van der Waals surface area contributed by atoms with E-state index in [0.29, 0.717) is 11.6 Å². The molecule has 0 radical (unpaired) electrons. The van der Waals surface area contributed by atoms with E-state index in [1.807, 2.05) is 6.07 Å². The Bertz CT molecular complexity index is 507. The van der Waals surface area contributed by atoms with Crippen molar-refractivity contribution in [3.63, 3.8) is 0 Å². The highest BCUT2D eigenvalue weighted by Crippen LogP contribution is 2.15. The molecule has 7 heteroatoms. The summed E-state index contributed by atoms with van der Waals surface area (Å²) in [5, 5.41) is 5.77. The Balaban J connectivity index is 1.30. The van der Waals surface area contributed by atoms with Gasteiger partial charge in [-0.3, -0.25) is 9.88 Å². The van der Waals surface area contributed by atoms with Crippen molar-refractivity contribution >= 4 is 11.7 Å². The minimum absolute atomic E-state index is 0.158. The van der Waals surface area contributed by atoms with Gasteiger partial charge in [0, 0.05) is 45.5 Å². The topological polar surface area (TPSA) is 69.7 Å². The first-order chi connectivity index (χ1) is 11.8. The Morgan fingerprint density at radius 2 is 2.08 bits per heavy atom. The van der Waals surface area contributed by atoms with Gasteiger partial charge >= 0.3 is 6.03 Å². The third-order valence-electron chi connectivity index (χ3n) is 4.68. The van der Waals surface area contributed by atoms with Crippen molar-refractivity contribution in [1.82, 2.24) is 20.1 Å². The average Bonchev–Trinajstić information content (AvgIpc) is 3.08. The number of anilines is 1. The number of pyridine rings is 1. The predicted octanol–water partition coefficient (Wildman–Crippen LogP) is 0.857. The van der Waals surface area contributed by atoms with Crippen LogP contribution in [-0.4, -0.2) is 79.8 Å². The van der Waals surface area contributed by atoms with Crippen molar-refractivity contribution in [1.29, 1.82) is 0 Å². The summed E-state index contributed by atoms with van der Waals surface area (Å²) in [5.74, 6) is 0.536. The van der Waals surface area contributed by atoms with Crippen molar-refractivity contribution in [3.05, 3.63) is 24.5 Å². The lowest BCUT2D eigenvalue weighted by atomic mass is 10.1. The molecule has 1 aromatic heterocycles. The zero-order chi connectivity index (χ0) is 16.6. The molecule has 1 aromatic rings. The predicted molar refractivity (Wildman–Crippen MR) is 93.1 cm³/mol. The summed E-state index contributed by atoms with van der Waals surface area (Å²) >= 11 is 0. The highest BCUT2D eigenvalue weighted by molar-refractivity contribution is 5.88. The van der Waals surface area contributed by atoms with Crippen LogP contribution in [0.15, 0.2) is 24.5 Å². The minimum Gasteiger partial charge on any atom is -0.379 e. The molecule has 0 aromatic carbocycles. The summed E-state index contributed by atoms with van der Waals surface area (Å²) < 4.78 is 5.38. The molecular formula is C17H27N5O2. The van der Waals surface area contributed by atoms with Crippen molar-refractivity contribution < 1.29 is 9.53 Å². The lowest BCUT2D eigenvalue weighted by molar-refractivity contribution is 0.0343. The van der Waals surface area contributed by atoms with Gasteiger partial charge in [-0.25, -0.2) is 4.79 Å². The Morgan fingerprint density at radius 3 is 2.88 bits per heavy atom. The fourth-order valence-electron chi connectivity index (χ4n) is 3.24. The molecule has 132 valence electrons. The Morgan fingerprint density at radius 1 is 1.25 bits per heavy atom. The molecule has 0 aliphatic carbocycles. The van der Waals surface area contributed by atoms with Crippen LogP contribution < -0.4 is 10.6 Å². The smallest absolute Gasteiger partial charge is 0.319 e. The second-order valence-electron chi connectivity index (χ2n) is 6.49. The lowest BCUT2D eigenvalue weighted by Gasteiger charge is -2.28. The second kappa shape index (κ2) is 8.96. The molecule has 2 aliphatic rings. The SMILES string of the molecule is O=C(NC[C@@H]1CCN(CCN2CCOCC2)C1)Nc1cccnc1. The first kappa shape index (κ1) is 17.1. The Kier molecular flexibility index (Phi) is 6.40. The maximum atomic E-state index is 11.9. The zero-order valence-corrected chi connectivity index (χ0v) is 14.1. The van der Waals surface area contributed by atoms with Gasteiger partial charge in [-0.05, 0) is 31.0 Å². The number of morpholine rings is 1. The van der Waals surface area contributed by atoms with E-state index in [2.05, 4.69) is 25.4 Å². The van der Waals surface area contributed by atoms with Crippen LogP contribution in [0.25, 0.3) is 0 Å². The van der Waals surface area contributed by atoms with Gasteiger partial charge in [0.05, 0.1) is 25.1 Å². The molecule has 0 bridgehead atoms. The average molecular weight is 333 g/mol. The number of rotatable bonds is 6. The van der Waals surface area contributed by atoms with Crippen LogP contribution in [0.1, 0.15) is 6.42 Å². The van der Waals surface area contributed by atoms with E-state index >= 15 is 0 Å². The van der Waals surface area contributed by atoms with Gasteiger partial charge in [0.15, 0.2) is 0 Å². The first-order valence-corrected chi connectivity index (χ1v) is 8.77. The van der Waals surface area contributed by atoms with Crippen LogP contribution in [0.3, 0.4) is 0 Å². The molecule has 7 nitrogen and oxygen atoms in total. The van der Waals surface area contributed by atoms with Crippen LogP contribution in [0, 0.1) is 5.92 Å². The first-order valence-electron chi connectivity index (χ1n) is 8.77. The largest absolute Gasteiger partial charge is 0.379 e. The molecule has 3 rings (SSSR count). The number of ether oxygens (including phenoxy) is 1. The van der Waals surface area contributed by atoms with Gasteiger partial charge in [0.1, 0.15) is 0 Å². The number of amides is 2. The molecule has 2 aliphatic heterocycles. The maximum Gasteiger partial charge on any atom is 0.319 e. The summed E-state index contributed by atoms with van der Waals surface area (Å²) in [5.41, 5.74) is 0.716. The molecule has 2 saturated heterocycles. The molecule has 1 atom stereocenters. The number of urea groups is 1. The number of aromatic nitrogens is 1. The van der Waals surface area contributed by atoms with Crippen molar-refractivity contribution in [3.8, 4) is 0 Å². The molecule has 3 heterocycles. The zero-order valence-electron chi connectivity index (χ0n) is 14.1. The molecule has 2 fully saturated rings. The number of carbonyl (C=O) groups excluding carboxylic acids is 1. The van der Waals surface area contributed by atoms with Gasteiger partial charge < -0.3 is 20.3 Å². The summed E-state index contributed by atoms with van der Waals surface area (Å²) in [6, 6.07) is 3.48.